The van der Waals surface area contributed by atoms with Crippen molar-refractivity contribution in [2.24, 2.45) is 5.10 Å². The van der Waals surface area contributed by atoms with Crippen molar-refractivity contribution in [1.82, 2.24) is 5.43 Å². The number of amides is 1. The van der Waals surface area contributed by atoms with Crippen LogP contribution in [-0.2, 0) is 0 Å². The molecule has 2 aromatic rings. The van der Waals surface area contributed by atoms with Gasteiger partial charge in [-0.2, -0.15) is 5.10 Å². The highest BCUT2D eigenvalue weighted by molar-refractivity contribution is 9.10. The molecule has 0 aliphatic rings. The van der Waals surface area contributed by atoms with Gasteiger partial charge in [-0.1, -0.05) is 41.4 Å². The number of halogens is 3. The van der Waals surface area contributed by atoms with E-state index in [9.17, 15) is 4.79 Å². The maximum Gasteiger partial charge on any atom is 0.272 e. The Hall–Kier alpha value is -1.36. The Bertz CT molecular complexity index is 717. The standard InChI is InChI=1S/C15H11BrCl2N2O/c1-9(10-6-7-13(17)14(18)8-10)19-20-15(21)11-4-2-3-5-12(11)16/h2-8H,1H3,(H,20,21). The Labute approximate surface area is 141 Å². The molecular formula is C15H11BrCl2N2O. The number of nitrogens with one attached hydrogen (secondary N) is 1. The predicted octanol–water partition coefficient (Wildman–Crippen LogP) is 4.91. The number of carbonyl (C=O) groups excluding carboxylic acids is 1. The van der Waals surface area contributed by atoms with E-state index < -0.39 is 0 Å². The van der Waals surface area contributed by atoms with Crippen LogP contribution in [0, 0.1) is 0 Å². The number of carbonyl (C=O) groups is 1. The molecule has 0 aliphatic heterocycles. The molecule has 0 saturated carbocycles. The van der Waals surface area contributed by atoms with Crippen molar-refractivity contribution in [1.29, 1.82) is 0 Å². The minimum Gasteiger partial charge on any atom is -0.267 e. The van der Waals surface area contributed by atoms with Gasteiger partial charge in [0.2, 0.25) is 0 Å². The lowest BCUT2D eigenvalue weighted by Gasteiger charge is -2.05. The molecule has 108 valence electrons. The normalized spacial score (nSPS) is 11.3. The molecule has 0 heterocycles. The van der Waals surface area contributed by atoms with Crippen LogP contribution in [0.3, 0.4) is 0 Å². The monoisotopic (exact) mass is 384 g/mol. The first kappa shape index (κ1) is 16.0. The van der Waals surface area contributed by atoms with E-state index in [0.29, 0.717) is 25.8 Å². The van der Waals surface area contributed by atoms with Crippen molar-refractivity contribution < 1.29 is 4.79 Å². The van der Waals surface area contributed by atoms with Crippen LogP contribution in [0.2, 0.25) is 10.0 Å². The average Bonchev–Trinajstić information content (AvgIpc) is 2.47. The highest BCUT2D eigenvalue weighted by Crippen LogP contribution is 2.22. The molecule has 2 aromatic carbocycles. The smallest absolute Gasteiger partial charge is 0.267 e. The Morgan fingerprint density at radius 3 is 2.52 bits per heavy atom. The van der Waals surface area contributed by atoms with Gasteiger partial charge in [0.05, 0.1) is 21.3 Å². The Kier molecular flexibility index (Phi) is 5.39. The average molecular weight is 386 g/mol. The Balaban J connectivity index is 2.15. The van der Waals surface area contributed by atoms with E-state index in [4.69, 9.17) is 23.2 Å². The molecule has 21 heavy (non-hydrogen) atoms. The van der Waals surface area contributed by atoms with Gasteiger partial charge in [0.25, 0.3) is 5.91 Å². The molecule has 1 N–H and O–H groups in total. The van der Waals surface area contributed by atoms with E-state index >= 15 is 0 Å². The molecule has 0 aliphatic carbocycles. The van der Waals surface area contributed by atoms with Crippen LogP contribution in [-0.4, -0.2) is 11.6 Å². The van der Waals surface area contributed by atoms with Gasteiger partial charge in [-0.25, -0.2) is 5.43 Å². The molecule has 6 heteroatoms. The largest absolute Gasteiger partial charge is 0.272 e. The summed E-state index contributed by atoms with van der Waals surface area (Å²) in [4.78, 5) is 12.0. The highest BCUT2D eigenvalue weighted by Gasteiger charge is 2.08. The highest BCUT2D eigenvalue weighted by atomic mass is 79.9. The summed E-state index contributed by atoms with van der Waals surface area (Å²) in [6.45, 7) is 1.78. The third-order valence-electron chi connectivity index (χ3n) is 2.78. The van der Waals surface area contributed by atoms with Crippen molar-refractivity contribution in [3.8, 4) is 0 Å². The van der Waals surface area contributed by atoms with Gasteiger partial charge >= 0.3 is 0 Å². The predicted molar refractivity (Wildman–Crippen MR) is 90.3 cm³/mol. The topological polar surface area (TPSA) is 41.5 Å². The summed E-state index contributed by atoms with van der Waals surface area (Å²) in [5.74, 6) is -0.290. The van der Waals surface area contributed by atoms with E-state index in [2.05, 4.69) is 26.5 Å². The zero-order valence-corrected chi connectivity index (χ0v) is 14.1. The maximum atomic E-state index is 12.0. The summed E-state index contributed by atoms with van der Waals surface area (Å²) in [7, 11) is 0. The molecule has 0 fully saturated rings. The van der Waals surface area contributed by atoms with Gasteiger partial charge in [0.1, 0.15) is 0 Å². The van der Waals surface area contributed by atoms with Crippen molar-refractivity contribution in [2.75, 3.05) is 0 Å². The first-order valence-electron chi connectivity index (χ1n) is 6.03. The fraction of sp³-hybridized carbons (Fsp3) is 0.0667. The SMILES string of the molecule is CC(=NNC(=O)c1ccccc1Br)c1ccc(Cl)c(Cl)c1. The van der Waals surface area contributed by atoms with Crippen LogP contribution in [0.5, 0.6) is 0 Å². The summed E-state index contributed by atoms with van der Waals surface area (Å²) >= 11 is 15.1. The molecule has 0 radical (unpaired) electrons. The van der Waals surface area contributed by atoms with Gasteiger partial charge in [0, 0.05) is 4.47 Å². The maximum absolute atomic E-state index is 12.0. The van der Waals surface area contributed by atoms with Crippen molar-refractivity contribution in [2.45, 2.75) is 6.92 Å². The minimum absolute atomic E-state index is 0.290. The minimum atomic E-state index is -0.290. The summed E-state index contributed by atoms with van der Waals surface area (Å²) in [5, 5.41) is 5.00. The van der Waals surface area contributed by atoms with Gasteiger partial charge in [0.15, 0.2) is 0 Å². The van der Waals surface area contributed by atoms with Crippen molar-refractivity contribution >= 4 is 50.8 Å². The summed E-state index contributed by atoms with van der Waals surface area (Å²) in [6, 6.07) is 12.3. The zero-order chi connectivity index (χ0) is 15.4. The quantitative estimate of drug-likeness (QED) is 0.591. The van der Waals surface area contributed by atoms with Crippen LogP contribution in [0.4, 0.5) is 0 Å². The molecule has 0 spiro atoms. The number of hydrazone groups is 1. The Morgan fingerprint density at radius 2 is 1.86 bits per heavy atom. The van der Waals surface area contributed by atoms with E-state index in [1.54, 1.807) is 43.3 Å². The van der Waals surface area contributed by atoms with Gasteiger partial charge < -0.3 is 0 Å². The molecular weight excluding hydrogens is 375 g/mol. The lowest BCUT2D eigenvalue weighted by atomic mass is 10.1. The molecule has 3 nitrogen and oxygen atoms in total. The second-order valence-corrected chi connectivity index (χ2v) is 5.92. The molecule has 2 rings (SSSR count). The van der Waals surface area contributed by atoms with Crippen LogP contribution in [0.25, 0.3) is 0 Å². The zero-order valence-electron chi connectivity index (χ0n) is 11.0. The molecule has 1 amide bonds. The van der Waals surface area contributed by atoms with Crippen molar-refractivity contribution in [3.63, 3.8) is 0 Å². The second-order valence-electron chi connectivity index (χ2n) is 4.25. The molecule has 0 aromatic heterocycles. The Morgan fingerprint density at radius 1 is 1.14 bits per heavy atom. The molecule has 0 atom stereocenters. The lowest BCUT2D eigenvalue weighted by Crippen LogP contribution is -2.19. The van der Waals surface area contributed by atoms with E-state index in [0.717, 1.165) is 5.56 Å². The third-order valence-corrected chi connectivity index (χ3v) is 4.21. The van der Waals surface area contributed by atoms with E-state index in [-0.39, 0.29) is 5.91 Å². The number of nitrogens with zero attached hydrogens (tertiary/aromatic N) is 1. The van der Waals surface area contributed by atoms with E-state index in [1.165, 1.54) is 0 Å². The summed E-state index contributed by atoms with van der Waals surface area (Å²) in [5.41, 5.74) is 4.45. The van der Waals surface area contributed by atoms with Crippen molar-refractivity contribution in [3.05, 3.63) is 68.1 Å². The number of hydrogen-bond donors (Lipinski definition) is 1. The van der Waals surface area contributed by atoms with E-state index in [1.807, 2.05) is 6.07 Å². The van der Waals surface area contributed by atoms with Crippen LogP contribution < -0.4 is 5.43 Å². The fourth-order valence-electron chi connectivity index (χ4n) is 1.63. The van der Waals surface area contributed by atoms with Crippen LogP contribution in [0.15, 0.2) is 52.0 Å². The number of hydrogen-bond acceptors (Lipinski definition) is 2. The second kappa shape index (κ2) is 7.07. The number of rotatable bonds is 3. The molecule has 0 saturated heterocycles. The fourth-order valence-corrected chi connectivity index (χ4v) is 2.39. The molecule has 0 unspecified atom stereocenters. The van der Waals surface area contributed by atoms with Gasteiger partial charge in [-0.3, -0.25) is 4.79 Å². The van der Waals surface area contributed by atoms with Gasteiger partial charge in [-0.15, -0.1) is 0 Å². The molecule has 0 bridgehead atoms. The first-order chi connectivity index (χ1) is 9.99. The van der Waals surface area contributed by atoms with Crippen LogP contribution >= 0.6 is 39.1 Å². The third kappa shape index (κ3) is 4.06. The van der Waals surface area contributed by atoms with Gasteiger partial charge in [-0.05, 0) is 52.7 Å². The summed E-state index contributed by atoms with van der Waals surface area (Å²) in [6.07, 6.45) is 0. The van der Waals surface area contributed by atoms with Crippen LogP contribution in [0.1, 0.15) is 22.8 Å². The lowest BCUT2D eigenvalue weighted by molar-refractivity contribution is 0.0954. The summed E-state index contributed by atoms with van der Waals surface area (Å²) < 4.78 is 0.713. The number of benzene rings is 2. The first-order valence-corrected chi connectivity index (χ1v) is 7.58.